The Labute approximate surface area is 164 Å². The zero-order valence-electron chi connectivity index (χ0n) is 15.1. The predicted octanol–water partition coefficient (Wildman–Crippen LogP) is 2.20. The smallest absolute Gasteiger partial charge is 0.357 e. The van der Waals surface area contributed by atoms with Gasteiger partial charge in [-0.15, -0.1) is 0 Å². The Kier molecular flexibility index (Phi) is 3.94. The Balaban J connectivity index is 2.08. The van der Waals surface area contributed by atoms with Crippen LogP contribution in [0, 0.1) is 11.3 Å². The number of fused-ring (bicyclic) bond motifs is 2. The van der Waals surface area contributed by atoms with Crippen molar-refractivity contribution in [2.75, 3.05) is 12.8 Å². The van der Waals surface area contributed by atoms with Crippen molar-refractivity contribution < 1.29 is 24.2 Å². The van der Waals surface area contributed by atoms with Crippen molar-refractivity contribution in [3.63, 3.8) is 0 Å². The molecule has 142 valence electrons. The Morgan fingerprint density at radius 2 is 1.72 bits per heavy atom. The molecule has 8 nitrogen and oxygen atoms in total. The number of anilines is 1. The standard InChI is InChI=1S/C21H13N3O5/c1-29-21(28)18-17(23)10(8-22)9-24(18)13-6-7-14(25)16-15(13)19(26)11-4-2-3-5-12(11)20(16)27/h2-7,9,25H,23H2,1H3. The van der Waals surface area contributed by atoms with Crippen LogP contribution in [-0.2, 0) is 4.74 Å². The average molecular weight is 387 g/mol. The van der Waals surface area contributed by atoms with Gasteiger partial charge in [0.05, 0.1) is 35.2 Å². The highest BCUT2D eigenvalue weighted by Crippen LogP contribution is 2.37. The number of hydrogen-bond donors (Lipinski definition) is 2. The first-order valence-electron chi connectivity index (χ1n) is 8.44. The van der Waals surface area contributed by atoms with Crippen LogP contribution in [0.25, 0.3) is 5.69 Å². The summed E-state index contributed by atoms with van der Waals surface area (Å²) >= 11 is 0. The molecule has 1 aliphatic rings. The Morgan fingerprint density at radius 3 is 2.31 bits per heavy atom. The summed E-state index contributed by atoms with van der Waals surface area (Å²) in [5.41, 5.74) is 5.88. The number of carbonyl (C=O) groups is 3. The molecule has 3 aromatic rings. The highest BCUT2D eigenvalue weighted by Gasteiger charge is 2.35. The highest BCUT2D eigenvalue weighted by atomic mass is 16.5. The molecule has 0 amide bonds. The van der Waals surface area contributed by atoms with Gasteiger partial charge in [-0.1, -0.05) is 24.3 Å². The number of nitrogen functional groups attached to an aromatic ring is 1. The molecular formula is C21H13N3O5. The second kappa shape index (κ2) is 6.35. The van der Waals surface area contributed by atoms with E-state index in [1.54, 1.807) is 12.1 Å². The number of esters is 1. The van der Waals surface area contributed by atoms with Crippen molar-refractivity contribution in [1.29, 1.82) is 5.26 Å². The molecule has 29 heavy (non-hydrogen) atoms. The van der Waals surface area contributed by atoms with Crippen LogP contribution in [0.15, 0.2) is 42.6 Å². The predicted molar refractivity (Wildman–Crippen MR) is 101 cm³/mol. The van der Waals surface area contributed by atoms with Gasteiger partial charge in [-0.05, 0) is 12.1 Å². The molecular weight excluding hydrogens is 374 g/mol. The van der Waals surface area contributed by atoms with Crippen LogP contribution < -0.4 is 5.73 Å². The Bertz CT molecular complexity index is 1280. The third-order valence-electron chi connectivity index (χ3n) is 4.83. The maximum Gasteiger partial charge on any atom is 0.357 e. The van der Waals surface area contributed by atoms with E-state index in [0.29, 0.717) is 0 Å². The van der Waals surface area contributed by atoms with E-state index in [1.165, 1.54) is 35.0 Å². The number of benzene rings is 2. The number of phenolic OH excluding ortho intramolecular Hbond substituents is 1. The second-order valence-electron chi connectivity index (χ2n) is 6.34. The van der Waals surface area contributed by atoms with Gasteiger partial charge in [-0.3, -0.25) is 9.59 Å². The third-order valence-corrected chi connectivity index (χ3v) is 4.83. The van der Waals surface area contributed by atoms with Crippen LogP contribution in [0.2, 0.25) is 0 Å². The minimum absolute atomic E-state index is 0.00205. The quantitative estimate of drug-likeness (QED) is 0.503. The molecule has 4 rings (SSSR count). The molecule has 1 aromatic heterocycles. The molecule has 0 fully saturated rings. The molecule has 0 saturated heterocycles. The number of nitrogens with two attached hydrogens (primary N) is 1. The maximum absolute atomic E-state index is 13.2. The summed E-state index contributed by atoms with van der Waals surface area (Å²) in [4.78, 5) is 38.5. The molecule has 0 spiro atoms. The molecule has 0 bridgehead atoms. The van der Waals surface area contributed by atoms with E-state index < -0.39 is 17.5 Å². The molecule has 0 aliphatic heterocycles. The lowest BCUT2D eigenvalue weighted by atomic mass is 9.82. The zero-order chi connectivity index (χ0) is 20.9. The number of ketones is 2. The van der Waals surface area contributed by atoms with E-state index in [-0.39, 0.29) is 50.6 Å². The summed E-state index contributed by atoms with van der Waals surface area (Å²) in [5.74, 6) is -2.20. The number of methoxy groups -OCH3 is 1. The Hall–Kier alpha value is -4.38. The number of hydrogen-bond acceptors (Lipinski definition) is 7. The topological polar surface area (TPSA) is 135 Å². The van der Waals surface area contributed by atoms with Gasteiger partial charge in [0.2, 0.25) is 0 Å². The fourth-order valence-electron chi connectivity index (χ4n) is 3.49. The van der Waals surface area contributed by atoms with Crippen LogP contribution in [-0.4, -0.2) is 34.3 Å². The first-order valence-corrected chi connectivity index (χ1v) is 8.44. The fourth-order valence-corrected chi connectivity index (χ4v) is 3.49. The van der Waals surface area contributed by atoms with Crippen LogP contribution >= 0.6 is 0 Å². The number of nitriles is 1. The van der Waals surface area contributed by atoms with Crippen molar-refractivity contribution in [3.8, 4) is 17.5 Å². The van der Waals surface area contributed by atoms with Gasteiger partial charge in [0, 0.05) is 17.3 Å². The van der Waals surface area contributed by atoms with Gasteiger partial charge in [-0.25, -0.2) is 4.79 Å². The van der Waals surface area contributed by atoms with Crippen molar-refractivity contribution >= 4 is 23.2 Å². The first-order chi connectivity index (χ1) is 13.9. The van der Waals surface area contributed by atoms with E-state index in [1.807, 2.05) is 6.07 Å². The molecule has 0 radical (unpaired) electrons. The lowest BCUT2D eigenvalue weighted by Gasteiger charge is -2.22. The minimum Gasteiger partial charge on any atom is -0.507 e. The van der Waals surface area contributed by atoms with Crippen LogP contribution in [0.5, 0.6) is 5.75 Å². The van der Waals surface area contributed by atoms with Crippen LogP contribution in [0.3, 0.4) is 0 Å². The van der Waals surface area contributed by atoms with Crippen molar-refractivity contribution in [2.24, 2.45) is 0 Å². The van der Waals surface area contributed by atoms with E-state index in [9.17, 15) is 24.8 Å². The first kappa shape index (κ1) is 18.0. The number of ether oxygens (including phenoxy) is 1. The van der Waals surface area contributed by atoms with E-state index in [0.717, 1.165) is 7.11 Å². The maximum atomic E-state index is 13.2. The van der Waals surface area contributed by atoms with Gasteiger partial charge in [0.15, 0.2) is 17.3 Å². The third kappa shape index (κ3) is 2.41. The summed E-state index contributed by atoms with van der Waals surface area (Å²) in [5, 5.41) is 19.6. The average Bonchev–Trinajstić information content (AvgIpc) is 3.07. The second-order valence-corrected chi connectivity index (χ2v) is 6.34. The summed E-state index contributed by atoms with van der Waals surface area (Å²) < 4.78 is 5.99. The number of aromatic hydroxyl groups is 1. The lowest BCUT2D eigenvalue weighted by Crippen LogP contribution is -2.24. The molecule has 0 saturated carbocycles. The monoisotopic (exact) mass is 387 g/mol. The van der Waals surface area contributed by atoms with Gasteiger partial charge >= 0.3 is 5.97 Å². The molecule has 2 aromatic carbocycles. The largest absolute Gasteiger partial charge is 0.507 e. The molecule has 3 N–H and O–H groups in total. The SMILES string of the molecule is COC(=O)c1c(N)c(C#N)cn1-c1ccc(O)c2c1C(=O)c1ccccc1C2=O. The number of nitrogens with zero attached hydrogens (tertiary/aromatic N) is 2. The number of carbonyl (C=O) groups excluding carboxylic acids is 3. The molecule has 1 aliphatic carbocycles. The lowest BCUT2D eigenvalue weighted by molar-refractivity contribution is 0.0592. The number of aromatic nitrogens is 1. The van der Waals surface area contributed by atoms with Gasteiger partial charge in [0.1, 0.15) is 11.8 Å². The van der Waals surface area contributed by atoms with Crippen LogP contribution in [0.1, 0.15) is 47.9 Å². The highest BCUT2D eigenvalue weighted by molar-refractivity contribution is 6.30. The van der Waals surface area contributed by atoms with Crippen molar-refractivity contribution in [3.05, 3.63) is 76.1 Å². The van der Waals surface area contributed by atoms with Crippen LogP contribution in [0.4, 0.5) is 5.69 Å². The molecule has 8 heteroatoms. The number of rotatable bonds is 2. The van der Waals surface area contributed by atoms with Gasteiger partial charge in [-0.2, -0.15) is 5.26 Å². The van der Waals surface area contributed by atoms with E-state index >= 15 is 0 Å². The molecule has 0 unspecified atom stereocenters. The summed E-state index contributed by atoms with van der Waals surface area (Å²) in [6.07, 6.45) is 1.28. The number of phenols is 1. The fraction of sp³-hybridized carbons (Fsp3) is 0.0476. The Morgan fingerprint density at radius 1 is 1.10 bits per heavy atom. The summed E-state index contributed by atoms with van der Waals surface area (Å²) in [6, 6.07) is 10.8. The molecule has 0 atom stereocenters. The van der Waals surface area contributed by atoms with Crippen molar-refractivity contribution in [1.82, 2.24) is 4.57 Å². The van der Waals surface area contributed by atoms with Gasteiger partial charge in [0.25, 0.3) is 0 Å². The summed E-state index contributed by atoms with van der Waals surface area (Å²) in [6.45, 7) is 0. The normalized spacial score (nSPS) is 12.1. The van der Waals surface area contributed by atoms with Crippen molar-refractivity contribution in [2.45, 2.75) is 0 Å². The summed E-state index contributed by atoms with van der Waals surface area (Å²) in [7, 11) is 1.16. The molecule has 1 heterocycles. The van der Waals surface area contributed by atoms with E-state index in [4.69, 9.17) is 10.5 Å². The minimum atomic E-state index is -0.819. The van der Waals surface area contributed by atoms with E-state index in [2.05, 4.69) is 0 Å². The zero-order valence-corrected chi connectivity index (χ0v) is 15.1. The van der Waals surface area contributed by atoms with Gasteiger partial charge < -0.3 is 20.1 Å².